The van der Waals surface area contributed by atoms with Crippen molar-refractivity contribution in [1.82, 2.24) is 4.57 Å². The van der Waals surface area contributed by atoms with Gasteiger partial charge in [0.1, 0.15) is 0 Å². The van der Waals surface area contributed by atoms with Crippen molar-refractivity contribution in [3.63, 3.8) is 0 Å². The molecule has 9 aromatic carbocycles. The van der Waals surface area contributed by atoms with Gasteiger partial charge in [0.2, 0.25) is 0 Å². The van der Waals surface area contributed by atoms with Crippen LogP contribution in [-0.4, -0.2) is 4.57 Å². The van der Waals surface area contributed by atoms with Crippen molar-refractivity contribution in [3.05, 3.63) is 192 Å². The molecule has 12 rings (SSSR count). The molecule has 2 aliphatic carbocycles. The minimum absolute atomic E-state index is 0.0711. The average molecular weight is 742 g/mol. The highest BCUT2D eigenvalue weighted by molar-refractivity contribution is 6.24. The van der Waals surface area contributed by atoms with Crippen LogP contribution >= 0.6 is 0 Å². The first-order chi connectivity index (χ1) is 28.2. The lowest BCUT2D eigenvalue weighted by molar-refractivity contribution is 0.660. The van der Waals surface area contributed by atoms with Gasteiger partial charge < -0.3 is 4.57 Å². The molecule has 0 atom stereocenters. The summed E-state index contributed by atoms with van der Waals surface area (Å²) in [6.07, 6.45) is 0. The van der Waals surface area contributed by atoms with Crippen LogP contribution in [0, 0.1) is 0 Å². The summed E-state index contributed by atoms with van der Waals surface area (Å²) in [6.45, 7) is 9.52. The Hall–Kier alpha value is -6.70. The number of hydrogen-bond acceptors (Lipinski definition) is 0. The molecule has 0 bridgehead atoms. The van der Waals surface area contributed by atoms with Crippen molar-refractivity contribution in [1.29, 1.82) is 0 Å². The number of para-hydroxylation sites is 1. The predicted octanol–water partition coefficient (Wildman–Crippen LogP) is 15.3. The van der Waals surface area contributed by atoms with Crippen molar-refractivity contribution in [3.8, 4) is 55.6 Å². The van der Waals surface area contributed by atoms with Gasteiger partial charge in [-0.2, -0.15) is 0 Å². The monoisotopic (exact) mass is 741 g/mol. The van der Waals surface area contributed by atoms with Gasteiger partial charge in [-0.15, -0.1) is 0 Å². The molecular formula is C57H43N. The van der Waals surface area contributed by atoms with Crippen LogP contribution in [0.2, 0.25) is 0 Å². The summed E-state index contributed by atoms with van der Waals surface area (Å²) in [5.74, 6) is 0. The third-order valence-corrected chi connectivity index (χ3v) is 14.0. The van der Waals surface area contributed by atoms with E-state index in [1.165, 1.54) is 121 Å². The summed E-state index contributed by atoms with van der Waals surface area (Å²) in [7, 11) is 2.18. The maximum atomic E-state index is 2.50. The van der Waals surface area contributed by atoms with Crippen LogP contribution in [0.25, 0.3) is 99.0 Å². The van der Waals surface area contributed by atoms with E-state index >= 15 is 0 Å². The Labute approximate surface area is 339 Å². The van der Waals surface area contributed by atoms with Gasteiger partial charge in [-0.25, -0.2) is 0 Å². The quantitative estimate of drug-likeness (QED) is 0.159. The summed E-state index contributed by atoms with van der Waals surface area (Å²) < 4.78 is 2.33. The summed E-state index contributed by atoms with van der Waals surface area (Å²) in [6, 6.07) is 64.5. The van der Waals surface area contributed by atoms with E-state index in [1.807, 2.05) is 0 Å². The Morgan fingerprint density at radius 1 is 0.310 bits per heavy atom. The van der Waals surface area contributed by atoms with Crippen LogP contribution in [0.4, 0.5) is 0 Å². The lowest BCUT2D eigenvalue weighted by atomic mass is 9.80. The molecule has 0 unspecified atom stereocenters. The molecule has 1 heterocycles. The summed E-state index contributed by atoms with van der Waals surface area (Å²) in [5, 5.41) is 7.68. The van der Waals surface area contributed by atoms with E-state index in [0.717, 1.165) is 0 Å². The fourth-order valence-corrected chi connectivity index (χ4v) is 11.1. The van der Waals surface area contributed by atoms with Gasteiger partial charge in [0.25, 0.3) is 0 Å². The summed E-state index contributed by atoms with van der Waals surface area (Å²) in [5.41, 5.74) is 21.0. The average Bonchev–Trinajstić information content (AvgIpc) is 3.78. The Kier molecular flexibility index (Phi) is 6.74. The fraction of sp³-hybridized carbons (Fsp3) is 0.123. The number of aryl methyl sites for hydroxylation is 1. The topological polar surface area (TPSA) is 4.93 Å². The van der Waals surface area contributed by atoms with Gasteiger partial charge in [0.15, 0.2) is 0 Å². The molecule has 0 fully saturated rings. The van der Waals surface area contributed by atoms with Crippen LogP contribution in [0.1, 0.15) is 49.9 Å². The fourth-order valence-electron chi connectivity index (χ4n) is 11.1. The molecule has 1 aromatic heterocycles. The third-order valence-electron chi connectivity index (χ3n) is 14.0. The lowest BCUT2D eigenvalue weighted by Crippen LogP contribution is -2.14. The Morgan fingerprint density at radius 2 is 0.828 bits per heavy atom. The van der Waals surface area contributed by atoms with Crippen molar-refractivity contribution in [2.24, 2.45) is 7.05 Å². The predicted molar refractivity (Wildman–Crippen MR) is 247 cm³/mol. The molecule has 1 heteroatoms. The zero-order valence-electron chi connectivity index (χ0n) is 33.6. The van der Waals surface area contributed by atoms with Crippen molar-refractivity contribution in [2.45, 2.75) is 38.5 Å². The van der Waals surface area contributed by atoms with Crippen LogP contribution in [0.3, 0.4) is 0 Å². The Bertz CT molecular complexity index is 3400. The highest BCUT2D eigenvalue weighted by Gasteiger charge is 2.38. The minimum atomic E-state index is -0.0959. The molecule has 0 radical (unpaired) electrons. The zero-order chi connectivity index (χ0) is 39.1. The molecule has 0 saturated carbocycles. The first kappa shape index (κ1) is 33.4. The molecule has 0 aliphatic heterocycles. The number of benzene rings is 9. The van der Waals surface area contributed by atoms with Crippen LogP contribution in [0.15, 0.2) is 170 Å². The zero-order valence-corrected chi connectivity index (χ0v) is 33.6. The number of hydrogen-bond donors (Lipinski definition) is 0. The van der Waals surface area contributed by atoms with Gasteiger partial charge in [0, 0.05) is 39.7 Å². The van der Waals surface area contributed by atoms with E-state index in [9.17, 15) is 0 Å². The molecule has 0 amide bonds. The maximum absolute atomic E-state index is 2.50. The molecule has 10 aromatic rings. The molecule has 2 aliphatic rings. The Morgan fingerprint density at radius 3 is 1.64 bits per heavy atom. The standard InChI is InChI=1S/C57H43N/c1-56(2)48-22-12-9-19-43(48)55-44(20-14-23-49(55)56)54-41-18-7-6-17-40(41)53(36-27-30-52-45(32-36)39-16-10-13-24-51(39)58(52)5)42-29-26-34(31-46(42)54)35-25-28-38-37-15-8-11-21-47(37)57(3,4)50(38)33-35/h6-33H,1-5H3. The molecule has 0 N–H and O–H groups in total. The van der Waals surface area contributed by atoms with Gasteiger partial charge in [-0.3, -0.25) is 0 Å². The van der Waals surface area contributed by atoms with Crippen molar-refractivity contribution < 1.29 is 0 Å². The second-order valence-electron chi connectivity index (χ2n) is 17.7. The van der Waals surface area contributed by atoms with E-state index in [0.29, 0.717) is 0 Å². The smallest absolute Gasteiger partial charge is 0.0489 e. The number of nitrogens with zero attached hydrogens (tertiary/aromatic N) is 1. The normalized spacial score (nSPS) is 14.6. The molecule has 0 saturated heterocycles. The van der Waals surface area contributed by atoms with E-state index in [-0.39, 0.29) is 10.8 Å². The van der Waals surface area contributed by atoms with Gasteiger partial charge >= 0.3 is 0 Å². The highest BCUT2D eigenvalue weighted by Crippen LogP contribution is 2.55. The second kappa shape index (κ2) is 11.7. The largest absolute Gasteiger partial charge is 0.344 e. The van der Waals surface area contributed by atoms with E-state index in [1.54, 1.807) is 0 Å². The number of rotatable bonds is 3. The van der Waals surface area contributed by atoms with Crippen molar-refractivity contribution >= 4 is 43.4 Å². The highest BCUT2D eigenvalue weighted by atomic mass is 14.9. The number of fused-ring (bicyclic) bond motifs is 11. The molecule has 276 valence electrons. The SMILES string of the molecule is Cn1c2ccccc2c2cc(-c3c4ccccc4c(-c4cccc5c4-c4ccccc4C5(C)C)c4cc(-c5ccc6c(c5)C(C)(C)c5ccccc5-6)ccc34)ccc21. The van der Waals surface area contributed by atoms with Gasteiger partial charge in [-0.1, -0.05) is 167 Å². The van der Waals surface area contributed by atoms with E-state index in [2.05, 4.69) is 209 Å². The van der Waals surface area contributed by atoms with Gasteiger partial charge in [-0.05, 0) is 130 Å². The van der Waals surface area contributed by atoms with E-state index in [4.69, 9.17) is 0 Å². The third kappa shape index (κ3) is 4.37. The van der Waals surface area contributed by atoms with Crippen LogP contribution in [0.5, 0.6) is 0 Å². The Balaban J connectivity index is 1.18. The van der Waals surface area contributed by atoms with Crippen molar-refractivity contribution in [2.75, 3.05) is 0 Å². The summed E-state index contributed by atoms with van der Waals surface area (Å²) >= 11 is 0. The molecule has 58 heavy (non-hydrogen) atoms. The molecule has 1 nitrogen and oxygen atoms in total. The van der Waals surface area contributed by atoms with Crippen LogP contribution < -0.4 is 0 Å². The van der Waals surface area contributed by atoms with Crippen LogP contribution in [-0.2, 0) is 17.9 Å². The molecular weight excluding hydrogens is 699 g/mol. The first-order valence-corrected chi connectivity index (χ1v) is 20.7. The summed E-state index contributed by atoms with van der Waals surface area (Å²) in [4.78, 5) is 0. The minimum Gasteiger partial charge on any atom is -0.344 e. The second-order valence-corrected chi connectivity index (χ2v) is 17.7. The number of aromatic nitrogens is 1. The van der Waals surface area contributed by atoms with Gasteiger partial charge in [0.05, 0.1) is 0 Å². The lowest BCUT2D eigenvalue weighted by Gasteiger charge is -2.23. The molecule has 0 spiro atoms. The maximum Gasteiger partial charge on any atom is 0.0489 e. The first-order valence-electron chi connectivity index (χ1n) is 20.7. The van der Waals surface area contributed by atoms with E-state index < -0.39 is 0 Å².